The molecule has 0 spiro atoms. The summed E-state index contributed by atoms with van der Waals surface area (Å²) in [6, 6.07) is 6.23. The van der Waals surface area contributed by atoms with E-state index < -0.39 is 0 Å². The Kier molecular flexibility index (Phi) is 8.30. The van der Waals surface area contributed by atoms with Crippen molar-refractivity contribution in [1.82, 2.24) is 5.32 Å². The Morgan fingerprint density at radius 3 is 2.73 bits per heavy atom. The molecule has 0 heterocycles. The van der Waals surface area contributed by atoms with Crippen LogP contribution in [-0.2, 0) is 6.54 Å². The van der Waals surface area contributed by atoms with Gasteiger partial charge in [-0.3, -0.25) is 0 Å². The van der Waals surface area contributed by atoms with Crippen LogP contribution in [0.25, 0.3) is 4.91 Å². The van der Waals surface area contributed by atoms with Gasteiger partial charge in [0.15, 0.2) is 0 Å². The first-order valence-corrected chi connectivity index (χ1v) is 8.21. The van der Waals surface area contributed by atoms with E-state index >= 15 is 0 Å². The third kappa shape index (κ3) is 5.53. The van der Waals surface area contributed by atoms with Crippen molar-refractivity contribution in [3.8, 4) is 5.75 Å². The number of thioether (sulfide) groups is 1. The molecule has 0 aliphatic carbocycles. The van der Waals surface area contributed by atoms with Crippen molar-refractivity contribution < 1.29 is 9.84 Å². The molecule has 0 atom stereocenters. The summed E-state index contributed by atoms with van der Waals surface area (Å²) in [7, 11) is 1.68. The normalized spacial score (nSPS) is 11.1. The number of benzene rings is 1. The zero-order valence-corrected chi connectivity index (χ0v) is 14.5. The molecular weight excluding hydrogens is 294 g/mol. The molecule has 0 bridgehead atoms. The monoisotopic (exact) mass is 319 g/mol. The molecule has 1 rings (SSSR count). The average molecular weight is 319 g/mol. The van der Waals surface area contributed by atoms with Gasteiger partial charge in [-0.25, -0.2) is 0 Å². The molecule has 0 aliphatic heterocycles. The fourth-order valence-electron chi connectivity index (χ4n) is 1.94. The maximum Gasteiger partial charge on any atom is 0.124 e. The minimum Gasteiger partial charge on any atom is -0.514 e. The average Bonchev–Trinajstić information content (AvgIpc) is 2.52. The fourth-order valence-corrected chi connectivity index (χ4v) is 2.86. The van der Waals surface area contributed by atoms with Crippen LogP contribution in [0.15, 0.2) is 47.7 Å². The number of hydrogen-bond acceptors (Lipinski definition) is 4. The Labute approximate surface area is 137 Å². The number of aliphatic hydroxyl groups is 1. The summed E-state index contributed by atoms with van der Waals surface area (Å²) in [6.45, 7) is 6.98. The molecule has 1 aromatic rings. The number of allylic oxidation sites excluding steroid dienone is 2. The van der Waals surface area contributed by atoms with Gasteiger partial charge in [-0.2, -0.15) is 0 Å². The molecule has 0 radical (unpaired) electrons. The van der Waals surface area contributed by atoms with Gasteiger partial charge < -0.3 is 15.2 Å². The van der Waals surface area contributed by atoms with Gasteiger partial charge in [0.05, 0.1) is 13.4 Å². The van der Waals surface area contributed by atoms with Crippen molar-refractivity contribution in [2.45, 2.75) is 33.7 Å². The molecule has 0 aromatic heterocycles. The molecule has 0 amide bonds. The molecule has 0 saturated carbocycles. The lowest BCUT2D eigenvalue weighted by Crippen LogP contribution is -2.06. The zero-order valence-electron chi connectivity index (χ0n) is 13.7. The predicted molar refractivity (Wildman–Crippen MR) is 96.9 cm³/mol. The van der Waals surface area contributed by atoms with Crippen molar-refractivity contribution in [1.29, 1.82) is 0 Å². The first kappa shape index (κ1) is 18.2. The van der Waals surface area contributed by atoms with Gasteiger partial charge in [0.1, 0.15) is 5.75 Å². The summed E-state index contributed by atoms with van der Waals surface area (Å²) < 4.78 is 5.50. The second-order valence-electron chi connectivity index (χ2n) is 4.95. The minimum atomic E-state index is 0.605. The van der Waals surface area contributed by atoms with Gasteiger partial charge in [-0.05, 0) is 37.3 Å². The van der Waals surface area contributed by atoms with E-state index in [0.29, 0.717) is 6.54 Å². The molecule has 2 N–H and O–H groups in total. The van der Waals surface area contributed by atoms with Crippen molar-refractivity contribution in [3.05, 3.63) is 58.8 Å². The van der Waals surface area contributed by atoms with E-state index in [4.69, 9.17) is 9.84 Å². The lowest BCUT2D eigenvalue weighted by molar-refractivity contribution is 0.408. The molecule has 3 nitrogen and oxygen atoms in total. The van der Waals surface area contributed by atoms with Gasteiger partial charge in [0.2, 0.25) is 0 Å². The lowest BCUT2D eigenvalue weighted by Gasteiger charge is -2.13. The third-order valence-corrected chi connectivity index (χ3v) is 4.21. The molecule has 0 fully saturated rings. The van der Waals surface area contributed by atoms with E-state index in [1.165, 1.54) is 16.7 Å². The Bertz CT molecular complexity index is 558. The van der Waals surface area contributed by atoms with Gasteiger partial charge >= 0.3 is 0 Å². The summed E-state index contributed by atoms with van der Waals surface area (Å²) in [5, 5.41) is 13.8. The van der Waals surface area contributed by atoms with Gasteiger partial charge in [-0.1, -0.05) is 42.5 Å². The molecule has 0 unspecified atom stereocenters. The topological polar surface area (TPSA) is 41.5 Å². The smallest absolute Gasteiger partial charge is 0.124 e. The summed E-state index contributed by atoms with van der Waals surface area (Å²) >= 11 is 1.74. The largest absolute Gasteiger partial charge is 0.514 e. The number of ether oxygens (including phenoxy) is 1. The van der Waals surface area contributed by atoms with E-state index in [0.717, 1.165) is 29.6 Å². The third-order valence-electron chi connectivity index (χ3n) is 3.01. The van der Waals surface area contributed by atoms with Crippen LogP contribution in [0.1, 0.15) is 38.3 Å². The molecule has 0 aliphatic rings. The van der Waals surface area contributed by atoms with Crippen LogP contribution in [-0.4, -0.2) is 12.2 Å². The maximum atomic E-state index is 8.66. The SMILES string of the molecule is CC/C=C\SC(=C(C)C)c1ccc(CNC=CO)c(OC)c1. The van der Waals surface area contributed by atoms with Crippen molar-refractivity contribution in [2.24, 2.45) is 0 Å². The number of rotatable bonds is 8. The van der Waals surface area contributed by atoms with Gasteiger partial charge in [0, 0.05) is 23.2 Å². The van der Waals surface area contributed by atoms with E-state index in [1.807, 2.05) is 0 Å². The Balaban J connectivity index is 3.03. The van der Waals surface area contributed by atoms with Crippen LogP contribution in [0, 0.1) is 0 Å². The van der Waals surface area contributed by atoms with Crippen molar-refractivity contribution >= 4 is 16.7 Å². The predicted octanol–water partition coefficient (Wildman–Crippen LogP) is 5.22. The van der Waals surface area contributed by atoms with Crippen molar-refractivity contribution in [3.63, 3.8) is 0 Å². The zero-order chi connectivity index (χ0) is 16.4. The quantitative estimate of drug-likeness (QED) is 0.644. The highest BCUT2D eigenvalue weighted by molar-refractivity contribution is 8.10. The van der Waals surface area contributed by atoms with Crippen LogP contribution >= 0.6 is 11.8 Å². The molecular formula is C18H25NO2S. The molecule has 120 valence electrons. The lowest BCUT2D eigenvalue weighted by atomic mass is 10.1. The van der Waals surface area contributed by atoms with Gasteiger partial charge in [-0.15, -0.1) is 0 Å². The second kappa shape index (κ2) is 10.0. The van der Waals surface area contributed by atoms with Crippen LogP contribution in [0.4, 0.5) is 0 Å². The van der Waals surface area contributed by atoms with Crippen molar-refractivity contribution in [2.75, 3.05) is 7.11 Å². The second-order valence-corrected chi connectivity index (χ2v) is 5.87. The van der Waals surface area contributed by atoms with E-state index in [2.05, 4.69) is 55.8 Å². The molecule has 22 heavy (non-hydrogen) atoms. The highest BCUT2D eigenvalue weighted by atomic mass is 32.2. The number of methoxy groups -OCH3 is 1. The van der Waals surface area contributed by atoms with E-state index in [9.17, 15) is 0 Å². The molecule has 1 aromatic carbocycles. The van der Waals surface area contributed by atoms with Crippen LogP contribution < -0.4 is 10.1 Å². The Hall–Kier alpha value is -1.81. The number of hydrogen-bond donors (Lipinski definition) is 2. The minimum absolute atomic E-state index is 0.605. The van der Waals surface area contributed by atoms with Crippen LogP contribution in [0.3, 0.4) is 0 Å². The Morgan fingerprint density at radius 2 is 2.14 bits per heavy atom. The number of nitrogens with one attached hydrogen (secondary N) is 1. The van der Waals surface area contributed by atoms with Gasteiger partial charge in [0.25, 0.3) is 0 Å². The fraction of sp³-hybridized carbons (Fsp3) is 0.333. The van der Waals surface area contributed by atoms with Crippen LogP contribution in [0.2, 0.25) is 0 Å². The van der Waals surface area contributed by atoms with Crippen LogP contribution in [0.5, 0.6) is 5.75 Å². The van der Waals surface area contributed by atoms with E-state index in [1.54, 1.807) is 18.9 Å². The Morgan fingerprint density at radius 1 is 1.36 bits per heavy atom. The number of aliphatic hydroxyl groups excluding tert-OH is 1. The first-order chi connectivity index (χ1) is 10.6. The molecule has 4 heteroatoms. The summed E-state index contributed by atoms with van der Waals surface area (Å²) in [5.41, 5.74) is 3.48. The molecule has 0 saturated heterocycles. The standard InChI is InChI=1S/C18H25NO2S/c1-5-6-11-22-18(14(2)3)15-7-8-16(13-19-9-10-20)17(12-15)21-4/h6-12,19-20H,5,13H2,1-4H3/b10-9?,11-6-. The highest BCUT2D eigenvalue weighted by Crippen LogP contribution is 2.34. The first-order valence-electron chi connectivity index (χ1n) is 7.33. The summed E-state index contributed by atoms with van der Waals surface area (Å²) in [5.74, 6) is 0.843. The maximum absolute atomic E-state index is 8.66. The van der Waals surface area contributed by atoms with E-state index in [-0.39, 0.29) is 0 Å². The summed E-state index contributed by atoms with van der Waals surface area (Å²) in [4.78, 5) is 1.25. The summed E-state index contributed by atoms with van der Waals surface area (Å²) in [6.07, 6.45) is 5.68. The highest BCUT2D eigenvalue weighted by Gasteiger charge is 2.08.